The van der Waals surface area contributed by atoms with Gasteiger partial charge in [0.15, 0.2) is 0 Å². The normalized spacial score (nSPS) is 20.4. The second-order valence-corrected chi connectivity index (χ2v) is 10.4. The molecule has 1 unspecified atom stereocenters. The van der Waals surface area contributed by atoms with E-state index in [0.717, 1.165) is 44.9 Å². The first-order valence-corrected chi connectivity index (χ1v) is 12.9. The van der Waals surface area contributed by atoms with Crippen molar-refractivity contribution in [1.29, 1.82) is 0 Å². The molecule has 1 amide bonds. The molecule has 1 atom stereocenters. The quantitative estimate of drug-likeness (QED) is 0.589. The number of sulfonamides is 1. The van der Waals surface area contributed by atoms with Gasteiger partial charge in [-0.3, -0.25) is 4.79 Å². The van der Waals surface area contributed by atoms with Crippen molar-refractivity contribution in [2.24, 2.45) is 5.92 Å². The Morgan fingerprint density at radius 1 is 0.970 bits per heavy atom. The third-order valence-corrected chi connectivity index (χ3v) is 8.51. The van der Waals surface area contributed by atoms with Gasteiger partial charge >= 0.3 is 0 Å². The summed E-state index contributed by atoms with van der Waals surface area (Å²) in [6, 6.07) is 4.50. The van der Waals surface area contributed by atoms with Gasteiger partial charge in [0.1, 0.15) is 16.4 Å². The Morgan fingerprint density at radius 2 is 1.61 bits per heavy atom. The molecule has 1 N–H and O–H groups in total. The SMILES string of the molecule is C.C.COc1ccc(S(=O)(=O)N2CCCCC2CNC(=O)C2CCCCCCC2)c(OC)c1. The van der Waals surface area contributed by atoms with Crippen LogP contribution in [0.15, 0.2) is 23.1 Å². The summed E-state index contributed by atoms with van der Waals surface area (Å²) in [4.78, 5) is 12.9. The number of ether oxygens (including phenoxy) is 2. The monoisotopic (exact) mass is 484 g/mol. The van der Waals surface area contributed by atoms with Crippen molar-refractivity contribution >= 4 is 15.9 Å². The van der Waals surface area contributed by atoms with Crippen LogP contribution in [0.2, 0.25) is 0 Å². The fourth-order valence-corrected chi connectivity index (χ4v) is 6.52. The molecule has 190 valence electrons. The highest BCUT2D eigenvalue weighted by Gasteiger charge is 2.36. The fraction of sp³-hybridized carbons (Fsp3) is 0.720. The van der Waals surface area contributed by atoms with E-state index in [1.807, 2.05) is 0 Å². The van der Waals surface area contributed by atoms with E-state index in [-0.39, 0.29) is 43.4 Å². The molecule has 0 bridgehead atoms. The summed E-state index contributed by atoms with van der Waals surface area (Å²) in [5.41, 5.74) is 0. The van der Waals surface area contributed by atoms with Crippen molar-refractivity contribution < 1.29 is 22.7 Å². The summed E-state index contributed by atoms with van der Waals surface area (Å²) >= 11 is 0. The zero-order valence-corrected chi connectivity index (χ0v) is 19.6. The number of carbonyl (C=O) groups is 1. The Bertz CT molecular complexity index is 835. The van der Waals surface area contributed by atoms with Crippen LogP contribution in [0.3, 0.4) is 0 Å². The molecule has 3 rings (SSSR count). The zero-order valence-electron chi connectivity index (χ0n) is 18.8. The number of piperidine rings is 1. The van der Waals surface area contributed by atoms with Crippen molar-refractivity contribution in [2.75, 3.05) is 27.3 Å². The molecular weight excluding hydrogens is 440 g/mol. The van der Waals surface area contributed by atoms with E-state index < -0.39 is 10.0 Å². The van der Waals surface area contributed by atoms with Crippen LogP contribution in [0.4, 0.5) is 0 Å². The molecule has 0 radical (unpaired) electrons. The predicted molar refractivity (Wildman–Crippen MR) is 133 cm³/mol. The number of amides is 1. The van der Waals surface area contributed by atoms with Crippen molar-refractivity contribution in [3.8, 4) is 11.5 Å². The van der Waals surface area contributed by atoms with Crippen LogP contribution >= 0.6 is 0 Å². The summed E-state index contributed by atoms with van der Waals surface area (Å²) in [5, 5.41) is 3.07. The molecule has 1 aliphatic heterocycles. The van der Waals surface area contributed by atoms with Crippen LogP contribution in [-0.2, 0) is 14.8 Å². The topological polar surface area (TPSA) is 84.9 Å². The molecule has 1 saturated heterocycles. The Kier molecular flexibility index (Phi) is 12.2. The highest BCUT2D eigenvalue weighted by atomic mass is 32.2. The first kappa shape index (κ1) is 29.2. The molecule has 1 aliphatic carbocycles. The first-order chi connectivity index (χ1) is 15.0. The minimum Gasteiger partial charge on any atom is -0.497 e. The van der Waals surface area contributed by atoms with Gasteiger partial charge in [-0.25, -0.2) is 8.42 Å². The van der Waals surface area contributed by atoms with E-state index in [2.05, 4.69) is 5.32 Å². The van der Waals surface area contributed by atoms with Crippen molar-refractivity contribution in [1.82, 2.24) is 9.62 Å². The van der Waals surface area contributed by atoms with E-state index in [1.165, 1.54) is 39.5 Å². The average Bonchev–Trinajstić information content (AvgIpc) is 2.76. The molecule has 33 heavy (non-hydrogen) atoms. The lowest BCUT2D eigenvalue weighted by Gasteiger charge is -2.35. The van der Waals surface area contributed by atoms with Gasteiger partial charge in [0.25, 0.3) is 0 Å². The Balaban J connectivity index is 0.00000272. The van der Waals surface area contributed by atoms with Gasteiger partial charge in [0.05, 0.1) is 14.2 Å². The molecule has 0 spiro atoms. The maximum Gasteiger partial charge on any atom is 0.247 e. The second-order valence-electron chi connectivity index (χ2n) is 8.57. The molecule has 0 aromatic heterocycles. The van der Waals surface area contributed by atoms with Gasteiger partial charge in [-0.05, 0) is 37.8 Å². The molecule has 1 saturated carbocycles. The number of nitrogens with zero attached hydrogens (tertiary/aromatic N) is 1. The summed E-state index contributed by atoms with van der Waals surface area (Å²) in [5.74, 6) is 0.933. The van der Waals surface area contributed by atoms with Gasteiger partial charge in [-0.15, -0.1) is 0 Å². The molecule has 8 heteroatoms. The van der Waals surface area contributed by atoms with Gasteiger partial charge < -0.3 is 14.8 Å². The van der Waals surface area contributed by atoms with Crippen LogP contribution in [0.5, 0.6) is 11.5 Å². The standard InChI is InChI=1S/C23H36N2O5S.2CH4/c1-29-20-13-14-22(21(16-20)30-2)31(27,28)25-15-9-8-12-19(25)17-24-23(26)18-10-6-4-3-5-7-11-18;;/h13-14,16,18-19H,3-12,15,17H2,1-2H3,(H,24,26);2*1H4. The summed E-state index contributed by atoms with van der Waals surface area (Å²) < 4.78 is 39.1. The van der Waals surface area contributed by atoms with Crippen molar-refractivity contribution in [2.45, 2.75) is 90.0 Å². The number of carbonyl (C=O) groups excluding carboxylic acids is 1. The number of nitrogens with one attached hydrogen (secondary N) is 1. The lowest BCUT2D eigenvalue weighted by atomic mass is 9.90. The molecule has 2 aliphatic rings. The second kappa shape index (κ2) is 13.8. The average molecular weight is 485 g/mol. The zero-order chi connectivity index (χ0) is 22.3. The van der Waals surface area contributed by atoms with E-state index in [4.69, 9.17) is 9.47 Å². The molecule has 1 aromatic carbocycles. The van der Waals surface area contributed by atoms with E-state index in [0.29, 0.717) is 18.8 Å². The molecule has 2 fully saturated rings. The number of hydrogen-bond acceptors (Lipinski definition) is 5. The summed E-state index contributed by atoms with van der Waals surface area (Å²) in [6.07, 6.45) is 10.2. The van der Waals surface area contributed by atoms with Crippen LogP contribution in [0.25, 0.3) is 0 Å². The molecule has 7 nitrogen and oxygen atoms in total. The first-order valence-electron chi connectivity index (χ1n) is 11.5. The number of hydrogen-bond donors (Lipinski definition) is 1. The van der Waals surface area contributed by atoms with Crippen LogP contribution < -0.4 is 14.8 Å². The highest BCUT2D eigenvalue weighted by molar-refractivity contribution is 7.89. The Labute approximate surface area is 201 Å². The predicted octanol–water partition coefficient (Wildman–Crippen LogP) is 5.00. The van der Waals surface area contributed by atoms with Gasteiger partial charge in [0, 0.05) is 31.1 Å². The Morgan fingerprint density at radius 3 is 2.24 bits per heavy atom. The molecular formula is C25H44N2O5S. The fourth-order valence-electron chi connectivity index (χ4n) is 4.69. The largest absolute Gasteiger partial charge is 0.497 e. The third-order valence-electron chi connectivity index (χ3n) is 6.52. The summed E-state index contributed by atoms with van der Waals surface area (Å²) in [6.45, 7) is 0.800. The third kappa shape index (κ3) is 7.34. The molecule has 1 aromatic rings. The van der Waals surface area contributed by atoms with E-state index in [1.54, 1.807) is 16.4 Å². The number of methoxy groups -OCH3 is 2. The highest BCUT2D eigenvalue weighted by Crippen LogP contribution is 2.33. The number of benzene rings is 1. The maximum absolute atomic E-state index is 13.5. The van der Waals surface area contributed by atoms with Crippen LogP contribution in [0.1, 0.15) is 79.1 Å². The maximum atomic E-state index is 13.5. The van der Waals surface area contributed by atoms with Gasteiger partial charge in [-0.2, -0.15) is 4.31 Å². The van der Waals surface area contributed by atoms with Gasteiger partial charge in [0.2, 0.25) is 15.9 Å². The Hall–Kier alpha value is -1.80. The molecule has 1 heterocycles. The van der Waals surface area contributed by atoms with E-state index >= 15 is 0 Å². The lowest BCUT2D eigenvalue weighted by molar-refractivity contribution is -0.125. The minimum absolute atomic E-state index is 0. The van der Waals surface area contributed by atoms with Crippen LogP contribution in [-0.4, -0.2) is 52.0 Å². The van der Waals surface area contributed by atoms with E-state index in [9.17, 15) is 13.2 Å². The van der Waals surface area contributed by atoms with Crippen molar-refractivity contribution in [3.63, 3.8) is 0 Å². The van der Waals surface area contributed by atoms with Gasteiger partial charge in [-0.1, -0.05) is 53.4 Å². The van der Waals surface area contributed by atoms with Crippen LogP contribution in [0, 0.1) is 5.92 Å². The lowest BCUT2D eigenvalue weighted by Crippen LogP contribution is -2.50. The number of rotatable bonds is 7. The minimum atomic E-state index is -3.76. The smallest absolute Gasteiger partial charge is 0.247 e. The summed E-state index contributed by atoms with van der Waals surface area (Å²) in [7, 11) is -0.776. The van der Waals surface area contributed by atoms with Crippen molar-refractivity contribution in [3.05, 3.63) is 18.2 Å².